The summed E-state index contributed by atoms with van der Waals surface area (Å²) in [6.45, 7) is 0. The third kappa shape index (κ3) is 2.24. The lowest BCUT2D eigenvalue weighted by atomic mass is 10.2. The molecule has 5 nitrogen and oxygen atoms in total. The first-order valence-corrected chi connectivity index (χ1v) is 3.94. The van der Waals surface area contributed by atoms with Crippen molar-refractivity contribution < 1.29 is 14.3 Å². The fraction of sp³-hybridized carbons (Fsp3) is 0.222. The highest BCUT2D eigenvalue weighted by Gasteiger charge is 2.19. The van der Waals surface area contributed by atoms with Crippen molar-refractivity contribution in [3.63, 3.8) is 0 Å². The van der Waals surface area contributed by atoms with Crippen LogP contribution in [0.3, 0.4) is 0 Å². The van der Waals surface area contributed by atoms with Crippen molar-refractivity contribution >= 4 is 12.0 Å². The Bertz CT molecular complexity index is 340. The van der Waals surface area contributed by atoms with E-state index in [2.05, 4.69) is 0 Å². The Labute approximate surface area is 81.1 Å². The molecule has 5 heteroatoms. The average Bonchev–Trinajstić information content (AvgIpc) is 2.27. The molecule has 1 aliphatic rings. The number of hydrogen-bond donors (Lipinski definition) is 1. The minimum atomic E-state index is -0.928. The lowest BCUT2D eigenvalue weighted by molar-refractivity contribution is 0.135. The first-order chi connectivity index (χ1) is 6.65. The Morgan fingerprint density at radius 2 is 2.36 bits per heavy atom. The van der Waals surface area contributed by atoms with Crippen LogP contribution in [0.1, 0.15) is 0 Å². The van der Waals surface area contributed by atoms with Gasteiger partial charge in [-0.2, -0.15) is 0 Å². The Morgan fingerprint density at radius 1 is 1.64 bits per heavy atom. The quantitative estimate of drug-likeness (QED) is 0.604. The Balaban J connectivity index is 2.92. The molecule has 1 rings (SSSR count). The van der Waals surface area contributed by atoms with Gasteiger partial charge in [-0.15, -0.1) is 0 Å². The van der Waals surface area contributed by atoms with Crippen molar-refractivity contribution in [2.24, 2.45) is 5.73 Å². The van der Waals surface area contributed by atoms with Crippen LogP contribution in [0.2, 0.25) is 0 Å². The SMILES string of the molecule is CN1C=CC=C[C@@H](OC(N)=O)C1=C=O. The maximum atomic E-state index is 10.6. The summed E-state index contributed by atoms with van der Waals surface area (Å²) in [6.07, 6.45) is 4.87. The van der Waals surface area contributed by atoms with Crippen molar-refractivity contribution in [1.29, 1.82) is 0 Å². The first-order valence-electron chi connectivity index (χ1n) is 3.94. The van der Waals surface area contributed by atoms with Crippen molar-refractivity contribution in [3.8, 4) is 0 Å². The van der Waals surface area contributed by atoms with Gasteiger partial charge in [0.2, 0.25) is 0 Å². The van der Waals surface area contributed by atoms with Crippen molar-refractivity contribution in [3.05, 3.63) is 30.1 Å². The summed E-state index contributed by atoms with van der Waals surface area (Å²) >= 11 is 0. The molecule has 0 aliphatic carbocycles. The Morgan fingerprint density at radius 3 is 2.93 bits per heavy atom. The van der Waals surface area contributed by atoms with Gasteiger partial charge in [0.05, 0.1) is 0 Å². The zero-order valence-electron chi connectivity index (χ0n) is 7.64. The highest BCUT2D eigenvalue weighted by molar-refractivity contribution is 5.66. The lowest BCUT2D eigenvalue weighted by Gasteiger charge is -2.19. The molecule has 0 aromatic rings. The van der Waals surface area contributed by atoms with Gasteiger partial charge >= 0.3 is 6.09 Å². The second-order valence-corrected chi connectivity index (χ2v) is 2.68. The predicted octanol–water partition coefficient (Wildman–Crippen LogP) is 0.181. The molecule has 0 saturated heterocycles. The molecule has 0 fully saturated rings. The van der Waals surface area contributed by atoms with Gasteiger partial charge in [-0.1, -0.05) is 6.08 Å². The van der Waals surface area contributed by atoms with E-state index in [0.29, 0.717) is 0 Å². The molecule has 2 N–H and O–H groups in total. The lowest BCUT2D eigenvalue weighted by Crippen LogP contribution is -2.28. The number of carbonyl (C=O) groups is 1. The van der Waals surface area contributed by atoms with E-state index in [-0.39, 0.29) is 5.70 Å². The highest BCUT2D eigenvalue weighted by Crippen LogP contribution is 2.13. The summed E-state index contributed by atoms with van der Waals surface area (Å²) in [7, 11) is 1.65. The third-order valence-electron chi connectivity index (χ3n) is 1.70. The summed E-state index contributed by atoms with van der Waals surface area (Å²) in [5, 5.41) is 0. The normalized spacial score (nSPS) is 20.2. The van der Waals surface area contributed by atoms with Crippen LogP contribution in [0.4, 0.5) is 4.79 Å². The van der Waals surface area contributed by atoms with Crippen LogP contribution in [-0.2, 0) is 9.53 Å². The average molecular weight is 194 g/mol. The summed E-state index contributed by atoms with van der Waals surface area (Å²) < 4.78 is 4.72. The Kier molecular flexibility index (Phi) is 3.09. The van der Waals surface area contributed by atoms with Crippen molar-refractivity contribution in [2.45, 2.75) is 6.10 Å². The monoisotopic (exact) mass is 194 g/mol. The van der Waals surface area contributed by atoms with Gasteiger partial charge in [-0.25, -0.2) is 9.59 Å². The highest BCUT2D eigenvalue weighted by atomic mass is 16.6. The molecule has 0 bridgehead atoms. The zero-order chi connectivity index (χ0) is 10.6. The van der Waals surface area contributed by atoms with Gasteiger partial charge in [0.25, 0.3) is 0 Å². The van der Waals surface area contributed by atoms with E-state index >= 15 is 0 Å². The number of carbonyl (C=O) groups excluding carboxylic acids is 2. The number of ether oxygens (including phenoxy) is 1. The summed E-state index contributed by atoms with van der Waals surface area (Å²) in [5.41, 5.74) is 5.06. The van der Waals surface area contributed by atoms with E-state index in [1.54, 1.807) is 37.4 Å². The fourth-order valence-electron chi connectivity index (χ4n) is 1.07. The molecule has 14 heavy (non-hydrogen) atoms. The molecular weight excluding hydrogens is 184 g/mol. The standard InChI is InChI=1S/C9H10N2O3/c1-11-5-3-2-4-8(7(11)6-12)14-9(10)13/h2-5,8H,1H3,(H2,10,13)/t8-/m1/s1. The maximum Gasteiger partial charge on any atom is 0.405 e. The van der Waals surface area contributed by atoms with E-state index in [4.69, 9.17) is 10.5 Å². The van der Waals surface area contributed by atoms with E-state index in [1.165, 1.54) is 4.90 Å². The third-order valence-corrected chi connectivity index (χ3v) is 1.70. The number of nitrogens with two attached hydrogens (primary N) is 1. The summed E-state index contributed by atoms with van der Waals surface area (Å²) in [6, 6.07) is 0. The van der Waals surface area contributed by atoms with Gasteiger partial charge in [-0.3, -0.25) is 0 Å². The first kappa shape index (κ1) is 10.1. The van der Waals surface area contributed by atoms with Crippen LogP contribution >= 0.6 is 0 Å². The largest absolute Gasteiger partial charge is 0.435 e. The molecule has 1 heterocycles. The number of allylic oxidation sites excluding steroid dienone is 2. The summed E-state index contributed by atoms with van der Waals surface area (Å²) in [4.78, 5) is 22.7. The molecule has 1 amide bonds. The molecule has 1 atom stereocenters. The molecular formula is C9H10N2O3. The molecule has 0 radical (unpaired) electrons. The van der Waals surface area contributed by atoms with Gasteiger partial charge in [0.15, 0.2) is 12.0 Å². The topological polar surface area (TPSA) is 72.6 Å². The number of likely N-dealkylation sites (N-methyl/N-ethyl adjacent to an activating group) is 1. The number of amides is 1. The minimum absolute atomic E-state index is 0.203. The predicted molar refractivity (Wildman–Crippen MR) is 49.7 cm³/mol. The molecule has 0 unspecified atom stereocenters. The number of hydrogen-bond acceptors (Lipinski definition) is 4. The van der Waals surface area contributed by atoms with Crippen LogP contribution in [0.25, 0.3) is 0 Å². The molecule has 0 spiro atoms. The van der Waals surface area contributed by atoms with Crippen LogP contribution in [-0.4, -0.2) is 30.1 Å². The molecule has 1 aliphatic heterocycles. The van der Waals surface area contributed by atoms with Gasteiger partial charge in [0, 0.05) is 13.2 Å². The van der Waals surface area contributed by atoms with Gasteiger partial charge in [-0.05, 0) is 12.2 Å². The molecule has 0 aromatic heterocycles. The molecule has 0 saturated carbocycles. The van der Waals surface area contributed by atoms with E-state index in [9.17, 15) is 9.59 Å². The minimum Gasteiger partial charge on any atom is -0.435 e. The van der Waals surface area contributed by atoms with E-state index in [1.807, 2.05) is 0 Å². The van der Waals surface area contributed by atoms with Gasteiger partial charge in [0.1, 0.15) is 5.70 Å². The number of primary amides is 1. The smallest absolute Gasteiger partial charge is 0.405 e. The van der Waals surface area contributed by atoms with E-state index < -0.39 is 12.2 Å². The van der Waals surface area contributed by atoms with Crippen molar-refractivity contribution in [1.82, 2.24) is 4.90 Å². The van der Waals surface area contributed by atoms with Crippen LogP contribution in [0.5, 0.6) is 0 Å². The maximum absolute atomic E-state index is 10.6. The van der Waals surface area contributed by atoms with Gasteiger partial charge < -0.3 is 15.4 Å². The van der Waals surface area contributed by atoms with E-state index in [0.717, 1.165) is 0 Å². The Hall–Kier alpha value is -2.00. The second kappa shape index (κ2) is 4.30. The van der Waals surface area contributed by atoms with Crippen LogP contribution in [0.15, 0.2) is 30.1 Å². The fourth-order valence-corrected chi connectivity index (χ4v) is 1.07. The molecule has 74 valence electrons. The zero-order valence-corrected chi connectivity index (χ0v) is 7.64. The second-order valence-electron chi connectivity index (χ2n) is 2.68. The van der Waals surface area contributed by atoms with Crippen molar-refractivity contribution in [2.75, 3.05) is 7.05 Å². The number of rotatable bonds is 1. The van der Waals surface area contributed by atoms with Crippen LogP contribution in [0, 0.1) is 0 Å². The number of nitrogens with zero attached hydrogens (tertiary/aromatic N) is 1. The van der Waals surface area contributed by atoms with Crippen LogP contribution < -0.4 is 5.73 Å². The molecule has 0 aromatic carbocycles. The summed E-state index contributed by atoms with van der Waals surface area (Å²) in [5.74, 6) is 1.71.